The molecule has 1 aromatic heterocycles. The van der Waals surface area contributed by atoms with Gasteiger partial charge in [0.1, 0.15) is 5.82 Å². The second-order valence-corrected chi connectivity index (χ2v) is 5.69. The summed E-state index contributed by atoms with van der Waals surface area (Å²) in [4.78, 5) is 16.9. The number of carbonyl (C=O) groups excluding carboxylic acids is 1. The van der Waals surface area contributed by atoms with Gasteiger partial charge in [-0.1, -0.05) is 72.3 Å². The minimum Gasteiger partial charge on any atom is -0.372 e. The predicted octanol–water partition coefficient (Wildman–Crippen LogP) is 3.61. The maximum Gasteiger partial charge on any atom is 0.266 e. The van der Waals surface area contributed by atoms with Gasteiger partial charge in [0.15, 0.2) is 5.60 Å². The summed E-state index contributed by atoms with van der Waals surface area (Å²) < 4.78 is 0. The second-order valence-electron chi connectivity index (χ2n) is 5.26. The van der Waals surface area contributed by atoms with Crippen molar-refractivity contribution in [3.05, 3.63) is 95.1 Å². The number of hydrogen-bond donors (Lipinski definition) is 2. The van der Waals surface area contributed by atoms with Gasteiger partial charge in [-0.05, 0) is 23.3 Å². The molecule has 2 aromatic carbocycles. The third-order valence-corrected chi connectivity index (χ3v) is 3.90. The first-order valence-corrected chi connectivity index (χ1v) is 7.75. The van der Waals surface area contributed by atoms with Crippen molar-refractivity contribution in [3.63, 3.8) is 0 Å². The molecule has 24 heavy (non-hydrogen) atoms. The SMILES string of the molecule is O=C(Nc1ccc(Cl)cn1)C(O)(c1ccccc1)c1ccccc1. The number of anilines is 1. The molecule has 0 radical (unpaired) electrons. The highest BCUT2D eigenvalue weighted by atomic mass is 35.5. The van der Waals surface area contributed by atoms with E-state index in [1.807, 2.05) is 12.1 Å². The fourth-order valence-electron chi connectivity index (χ4n) is 2.44. The van der Waals surface area contributed by atoms with Crippen LogP contribution in [-0.4, -0.2) is 16.0 Å². The Morgan fingerprint density at radius 3 is 1.92 bits per heavy atom. The van der Waals surface area contributed by atoms with E-state index in [-0.39, 0.29) is 0 Å². The Hall–Kier alpha value is -2.69. The standard InChI is InChI=1S/C19H15ClN2O2/c20-16-11-12-17(21-13-16)22-18(23)19(24,14-7-3-1-4-8-14)15-9-5-2-6-10-15/h1-13,24H,(H,21,22,23). The summed E-state index contributed by atoms with van der Waals surface area (Å²) in [5.74, 6) is -0.274. The Labute approximate surface area is 144 Å². The zero-order chi connectivity index (χ0) is 17.0. The normalized spacial score (nSPS) is 11.1. The molecule has 2 N–H and O–H groups in total. The van der Waals surface area contributed by atoms with E-state index in [1.165, 1.54) is 6.20 Å². The van der Waals surface area contributed by atoms with Crippen molar-refractivity contribution in [1.29, 1.82) is 0 Å². The smallest absolute Gasteiger partial charge is 0.266 e. The van der Waals surface area contributed by atoms with Crippen LogP contribution in [0.2, 0.25) is 5.02 Å². The molecule has 4 nitrogen and oxygen atoms in total. The maximum atomic E-state index is 12.9. The molecule has 0 saturated carbocycles. The summed E-state index contributed by atoms with van der Waals surface area (Å²) in [6.07, 6.45) is 1.43. The lowest BCUT2D eigenvalue weighted by Crippen LogP contribution is -2.41. The van der Waals surface area contributed by atoms with Gasteiger partial charge < -0.3 is 10.4 Å². The first kappa shape index (κ1) is 16.2. The molecule has 5 heteroatoms. The van der Waals surface area contributed by atoms with Gasteiger partial charge >= 0.3 is 0 Å². The van der Waals surface area contributed by atoms with E-state index in [2.05, 4.69) is 10.3 Å². The van der Waals surface area contributed by atoms with Crippen LogP contribution in [0, 0.1) is 0 Å². The number of nitrogens with one attached hydrogen (secondary N) is 1. The molecular weight excluding hydrogens is 324 g/mol. The van der Waals surface area contributed by atoms with Gasteiger partial charge in [0, 0.05) is 6.20 Å². The summed E-state index contributed by atoms with van der Waals surface area (Å²) in [5, 5.41) is 14.4. The molecule has 0 saturated heterocycles. The van der Waals surface area contributed by atoms with E-state index >= 15 is 0 Å². The van der Waals surface area contributed by atoms with Crippen LogP contribution in [0.15, 0.2) is 79.0 Å². The summed E-state index contributed by atoms with van der Waals surface area (Å²) in [6, 6.07) is 20.8. The fourth-order valence-corrected chi connectivity index (χ4v) is 2.56. The lowest BCUT2D eigenvalue weighted by molar-refractivity contribution is -0.131. The zero-order valence-corrected chi connectivity index (χ0v) is 13.4. The Kier molecular flexibility index (Phi) is 4.60. The second kappa shape index (κ2) is 6.83. The maximum absolute atomic E-state index is 12.9. The molecule has 1 heterocycles. The topological polar surface area (TPSA) is 62.2 Å². The predicted molar refractivity (Wildman–Crippen MR) is 93.8 cm³/mol. The van der Waals surface area contributed by atoms with Gasteiger partial charge in [0.2, 0.25) is 0 Å². The quantitative estimate of drug-likeness (QED) is 0.764. The number of rotatable bonds is 4. The van der Waals surface area contributed by atoms with Crippen molar-refractivity contribution in [3.8, 4) is 0 Å². The summed E-state index contributed by atoms with van der Waals surface area (Å²) in [7, 11) is 0. The van der Waals surface area contributed by atoms with Crippen LogP contribution >= 0.6 is 11.6 Å². The number of nitrogens with zero attached hydrogens (tertiary/aromatic N) is 1. The molecule has 1 amide bonds. The van der Waals surface area contributed by atoms with Crippen LogP contribution in [0.3, 0.4) is 0 Å². The van der Waals surface area contributed by atoms with Crippen LogP contribution in [-0.2, 0) is 10.4 Å². The highest BCUT2D eigenvalue weighted by Crippen LogP contribution is 2.31. The van der Waals surface area contributed by atoms with E-state index < -0.39 is 11.5 Å². The minimum absolute atomic E-state index is 0.315. The monoisotopic (exact) mass is 338 g/mol. The zero-order valence-electron chi connectivity index (χ0n) is 12.7. The molecule has 0 spiro atoms. The average Bonchev–Trinajstić information content (AvgIpc) is 2.64. The van der Waals surface area contributed by atoms with Crippen LogP contribution in [0.5, 0.6) is 0 Å². The Bertz CT molecular complexity index is 782. The summed E-state index contributed by atoms with van der Waals surface area (Å²) in [6.45, 7) is 0. The number of pyridine rings is 1. The molecule has 120 valence electrons. The molecule has 0 bridgehead atoms. The molecule has 0 aliphatic rings. The van der Waals surface area contributed by atoms with Crippen LogP contribution in [0.4, 0.5) is 5.82 Å². The molecule has 0 aliphatic carbocycles. The van der Waals surface area contributed by atoms with Crippen molar-refractivity contribution < 1.29 is 9.90 Å². The molecule has 0 fully saturated rings. The fraction of sp³-hybridized carbons (Fsp3) is 0.0526. The van der Waals surface area contributed by atoms with Crippen LogP contribution < -0.4 is 5.32 Å². The molecule has 0 aliphatic heterocycles. The number of hydrogen-bond acceptors (Lipinski definition) is 3. The Morgan fingerprint density at radius 1 is 0.917 bits per heavy atom. The minimum atomic E-state index is -1.83. The van der Waals surface area contributed by atoms with Crippen LogP contribution in [0.1, 0.15) is 11.1 Å². The number of amides is 1. The summed E-state index contributed by atoms with van der Waals surface area (Å²) in [5.41, 5.74) is -0.880. The third-order valence-electron chi connectivity index (χ3n) is 3.68. The highest BCUT2D eigenvalue weighted by Gasteiger charge is 2.40. The Morgan fingerprint density at radius 2 is 1.46 bits per heavy atom. The number of halogens is 1. The van der Waals surface area contributed by atoms with Crippen molar-refractivity contribution in [1.82, 2.24) is 4.98 Å². The van der Waals surface area contributed by atoms with Gasteiger partial charge in [-0.15, -0.1) is 0 Å². The lowest BCUT2D eigenvalue weighted by atomic mass is 9.85. The van der Waals surface area contributed by atoms with Gasteiger partial charge in [-0.3, -0.25) is 4.79 Å². The molecule has 0 atom stereocenters. The lowest BCUT2D eigenvalue weighted by Gasteiger charge is -2.27. The molecular formula is C19H15ClN2O2. The first-order valence-electron chi connectivity index (χ1n) is 7.37. The van der Waals surface area contributed by atoms with Crippen molar-refractivity contribution >= 4 is 23.3 Å². The number of benzene rings is 2. The largest absolute Gasteiger partial charge is 0.372 e. The van der Waals surface area contributed by atoms with Crippen LogP contribution in [0.25, 0.3) is 0 Å². The number of aromatic nitrogens is 1. The van der Waals surface area contributed by atoms with E-state index in [4.69, 9.17) is 11.6 Å². The number of aliphatic hydroxyl groups is 1. The third kappa shape index (κ3) is 3.15. The summed E-state index contributed by atoms with van der Waals surface area (Å²) >= 11 is 5.81. The first-order chi connectivity index (χ1) is 11.6. The average molecular weight is 339 g/mol. The van der Waals surface area contributed by atoms with E-state index in [9.17, 15) is 9.90 Å². The highest BCUT2D eigenvalue weighted by molar-refractivity contribution is 6.30. The molecule has 3 aromatic rings. The van der Waals surface area contributed by atoms with Gasteiger partial charge in [-0.2, -0.15) is 0 Å². The van der Waals surface area contributed by atoms with Gasteiger partial charge in [-0.25, -0.2) is 4.98 Å². The number of carbonyl (C=O) groups is 1. The molecule has 3 rings (SSSR count). The van der Waals surface area contributed by atoms with Crippen molar-refractivity contribution in [2.45, 2.75) is 5.60 Å². The van der Waals surface area contributed by atoms with E-state index in [0.29, 0.717) is 22.0 Å². The van der Waals surface area contributed by atoms with Crippen molar-refractivity contribution in [2.24, 2.45) is 0 Å². The Balaban J connectivity index is 2.02. The van der Waals surface area contributed by atoms with Crippen molar-refractivity contribution in [2.75, 3.05) is 5.32 Å². The molecule has 0 unspecified atom stereocenters. The van der Waals surface area contributed by atoms with Gasteiger partial charge in [0.05, 0.1) is 5.02 Å². The van der Waals surface area contributed by atoms with E-state index in [0.717, 1.165) is 0 Å². The van der Waals surface area contributed by atoms with E-state index in [1.54, 1.807) is 60.7 Å². The van der Waals surface area contributed by atoms with Gasteiger partial charge in [0.25, 0.3) is 5.91 Å².